The number of carboxylic acid groups (broad SMARTS) is 1. The van der Waals surface area contributed by atoms with Crippen LogP contribution in [-0.4, -0.2) is 20.6 Å². The van der Waals surface area contributed by atoms with Crippen LogP contribution in [0.15, 0.2) is 28.9 Å². The minimum atomic E-state index is -0.894. The Hall–Kier alpha value is -2.56. The fourth-order valence-electron chi connectivity index (χ4n) is 2.50. The van der Waals surface area contributed by atoms with E-state index in [2.05, 4.69) is 4.98 Å². The van der Waals surface area contributed by atoms with Crippen molar-refractivity contribution >= 4 is 17.0 Å². The van der Waals surface area contributed by atoms with E-state index in [0.29, 0.717) is 5.82 Å². The molecule has 1 aromatic carbocycles. The van der Waals surface area contributed by atoms with Gasteiger partial charge in [0.2, 0.25) is 0 Å². The van der Waals surface area contributed by atoms with Gasteiger partial charge in [-0.3, -0.25) is 4.79 Å². The molecule has 5 heteroatoms. The summed E-state index contributed by atoms with van der Waals surface area (Å²) in [5, 5.41) is 9.19. The molecule has 2 heterocycles. The summed E-state index contributed by atoms with van der Waals surface area (Å²) in [7, 11) is 0. The highest BCUT2D eigenvalue weighted by Gasteiger charge is 2.18. The summed E-state index contributed by atoms with van der Waals surface area (Å²) in [5.74, 6) is 0.462. The Labute approximate surface area is 121 Å². The third-order valence-electron chi connectivity index (χ3n) is 3.76. The molecule has 0 fully saturated rings. The molecule has 0 unspecified atom stereocenters. The average molecular weight is 284 g/mol. The topological polar surface area (TPSA) is 68.3 Å². The van der Waals surface area contributed by atoms with Gasteiger partial charge in [-0.05, 0) is 50.1 Å². The molecule has 0 atom stereocenters. The van der Waals surface area contributed by atoms with Gasteiger partial charge in [-0.15, -0.1) is 0 Å². The van der Waals surface area contributed by atoms with Crippen LogP contribution in [0.1, 0.15) is 16.9 Å². The lowest BCUT2D eigenvalue weighted by molar-refractivity contribution is -0.137. The number of hydrogen-bond acceptors (Lipinski definition) is 3. The van der Waals surface area contributed by atoms with Gasteiger partial charge in [-0.2, -0.15) is 0 Å². The number of aryl methyl sites for hydroxylation is 3. The molecule has 0 spiro atoms. The lowest BCUT2D eigenvalue weighted by Crippen LogP contribution is -2.10. The summed E-state index contributed by atoms with van der Waals surface area (Å²) in [6.45, 7) is 5.75. The van der Waals surface area contributed by atoms with E-state index >= 15 is 0 Å². The zero-order valence-corrected chi connectivity index (χ0v) is 12.2. The SMILES string of the molecule is Cc1cc2nc(-c3ccoc3C)n(CC(=O)O)c2cc1C. The van der Waals surface area contributed by atoms with Gasteiger partial charge in [0.1, 0.15) is 18.1 Å². The number of nitrogens with zero attached hydrogens (tertiary/aromatic N) is 2. The van der Waals surface area contributed by atoms with Crippen molar-refractivity contribution in [3.05, 3.63) is 41.3 Å². The normalized spacial score (nSPS) is 11.2. The van der Waals surface area contributed by atoms with E-state index in [-0.39, 0.29) is 6.54 Å². The number of carboxylic acids is 1. The number of hydrogen-bond donors (Lipinski definition) is 1. The average Bonchev–Trinajstić information content (AvgIpc) is 2.95. The third kappa shape index (κ3) is 2.20. The Morgan fingerprint density at radius 1 is 1.29 bits per heavy atom. The summed E-state index contributed by atoms with van der Waals surface area (Å²) in [4.78, 5) is 15.8. The molecule has 108 valence electrons. The summed E-state index contributed by atoms with van der Waals surface area (Å²) in [6, 6.07) is 5.79. The van der Waals surface area contributed by atoms with E-state index < -0.39 is 5.97 Å². The molecule has 21 heavy (non-hydrogen) atoms. The minimum absolute atomic E-state index is 0.126. The van der Waals surface area contributed by atoms with Crippen LogP contribution in [0, 0.1) is 20.8 Å². The maximum Gasteiger partial charge on any atom is 0.323 e. The van der Waals surface area contributed by atoms with E-state index in [1.54, 1.807) is 10.8 Å². The zero-order valence-electron chi connectivity index (χ0n) is 12.2. The van der Waals surface area contributed by atoms with Crippen molar-refractivity contribution in [2.24, 2.45) is 0 Å². The fourth-order valence-corrected chi connectivity index (χ4v) is 2.50. The van der Waals surface area contributed by atoms with Crippen LogP contribution in [0.3, 0.4) is 0 Å². The molecule has 0 aliphatic rings. The number of furan rings is 1. The Balaban J connectivity index is 2.33. The number of rotatable bonds is 3. The monoisotopic (exact) mass is 284 g/mol. The number of imidazole rings is 1. The molecule has 3 rings (SSSR count). The van der Waals surface area contributed by atoms with Gasteiger partial charge in [0.15, 0.2) is 0 Å². The Morgan fingerprint density at radius 2 is 2.00 bits per heavy atom. The first kappa shape index (κ1) is 13.4. The van der Waals surface area contributed by atoms with E-state index in [0.717, 1.165) is 33.5 Å². The standard InChI is InChI=1S/C16H16N2O3/c1-9-6-13-14(7-10(9)2)18(8-15(19)20)16(17-13)12-4-5-21-11(12)3/h4-7H,8H2,1-3H3,(H,19,20). The molecule has 1 N–H and O–H groups in total. The van der Waals surface area contributed by atoms with Crippen molar-refractivity contribution in [1.82, 2.24) is 9.55 Å². The maximum atomic E-state index is 11.2. The van der Waals surface area contributed by atoms with Gasteiger partial charge >= 0.3 is 5.97 Å². The maximum absolute atomic E-state index is 11.2. The number of benzene rings is 1. The first-order valence-electron chi connectivity index (χ1n) is 6.71. The van der Waals surface area contributed by atoms with Crippen LogP contribution in [-0.2, 0) is 11.3 Å². The molecule has 2 aromatic heterocycles. The molecule has 0 saturated carbocycles. The minimum Gasteiger partial charge on any atom is -0.480 e. The summed E-state index contributed by atoms with van der Waals surface area (Å²) < 4.78 is 7.05. The zero-order chi connectivity index (χ0) is 15.1. The summed E-state index contributed by atoms with van der Waals surface area (Å²) in [6.07, 6.45) is 1.59. The van der Waals surface area contributed by atoms with Crippen LogP contribution in [0.4, 0.5) is 0 Å². The van der Waals surface area contributed by atoms with E-state index in [1.807, 2.05) is 39.0 Å². The predicted octanol–water partition coefficient (Wildman–Crippen LogP) is 3.31. The van der Waals surface area contributed by atoms with Gasteiger partial charge in [-0.1, -0.05) is 0 Å². The molecule has 0 amide bonds. The molecule has 0 radical (unpaired) electrons. The van der Waals surface area contributed by atoms with Gasteiger partial charge in [-0.25, -0.2) is 4.98 Å². The first-order valence-corrected chi connectivity index (χ1v) is 6.71. The van der Waals surface area contributed by atoms with Gasteiger partial charge in [0.25, 0.3) is 0 Å². The number of aromatic nitrogens is 2. The second-order valence-corrected chi connectivity index (χ2v) is 5.23. The van der Waals surface area contributed by atoms with E-state index in [1.165, 1.54) is 0 Å². The van der Waals surface area contributed by atoms with Gasteiger partial charge in [0, 0.05) is 0 Å². The van der Waals surface area contributed by atoms with Gasteiger partial charge < -0.3 is 14.1 Å². The van der Waals surface area contributed by atoms with Crippen molar-refractivity contribution in [3.8, 4) is 11.4 Å². The highest BCUT2D eigenvalue weighted by molar-refractivity contribution is 5.84. The van der Waals surface area contributed by atoms with E-state index in [9.17, 15) is 9.90 Å². The van der Waals surface area contributed by atoms with Crippen molar-refractivity contribution in [2.45, 2.75) is 27.3 Å². The molecule has 0 saturated heterocycles. The molecule has 0 aliphatic heterocycles. The second kappa shape index (κ2) is 4.77. The lowest BCUT2D eigenvalue weighted by atomic mass is 10.1. The summed E-state index contributed by atoms with van der Waals surface area (Å²) in [5.41, 5.74) is 4.70. The van der Waals surface area contributed by atoms with Crippen LogP contribution < -0.4 is 0 Å². The van der Waals surface area contributed by atoms with Crippen LogP contribution in [0.5, 0.6) is 0 Å². The largest absolute Gasteiger partial charge is 0.480 e. The highest BCUT2D eigenvalue weighted by Crippen LogP contribution is 2.29. The smallest absolute Gasteiger partial charge is 0.323 e. The number of fused-ring (bicyclic) bond motifs is 1. The Bertz CT molecular complexity index is 843. The van der Waals surface area contributed by atoms with Crippen LogP contribution >= 0.6 is 0 Å². The predicted molar refractivity (Wildman–Crippen MR) is 79.3 cm³/mol. The van der Waals surface area contributed by atoms with Crippen molar-refractivity contribution in [3.63, 3.8) is 0 Å². The molecule has 3 aromatic rings. The van der Waals surface area contributed by atoms with E-state index in [4.69, 9.17) is 4.42 Å². The fraction of sp³-hybridized carbons (Fsp3) is 0.250. The summed E-state index contributed by atoms with van der Waals surface area (Å²) >= 11 is 0. The Morgan fingerprint density at radius 3 is 2.62 bits per heavy atom. The molecule has 0 aliphatic carbocycles. The first-order chi connectivity index (χ1) is 9.97. The number of carbonyl (C=O) groups is 1. The van der Waals surface area contributed by atoms with Crippen molar-refractivity contribution in [1.29, 1.82) is 0 Å². The Kier molecular flexibility index (Phi) is 3.05. The van der Waals surface area contributed by atoms with Crippen molar-refractivity contribution < 1.29 is 14.3 Å². The van der Waals surface area contributed by atoms with Crippen LogP contribution in [0.25, 0.3) is 22.4 Å². The molecular weight excluding hydrogens is 268 g/mol. The quantitative estimate of drug-likeness (QED) is 0.801. The third-order valence-corrected chi connectivity index (χ3v) is 3.76. The lowest BCUT2D eigenvalue weighted by Gasteiger charge is -2.06. The molecule has 5 nitrogen and oxygen atoms in total. The van der Waals surface area contributed by atoms with Crippen LogP contribution in [0.2, 0.25) is 0 Å². The molecule has 0 bridgehead atoms. The molecular formula is C16H16N2O3. The second-order valence-electron chi connectivity index (χ2n) is 5.23. The van der Waals surface area contributed by atoms with Crippen molar-refractivity contribution in [2.75, 3.05) is 0 Å². The number of aliphatic carboxylic acids is 1. The highest BCUT2D eigenvalue weighted by atomic mass is 16.4. The van der Waals surface area contributed by atoms with Gasteiger partial charge in [0.05, 0.1) is 22.9 Å².